The molecule has 3 rings (SSSR count). The maximum absolute atomic E-state index is 12.9. The second-order valence-corrected chi connectivity index (χ2v) is 9.21. The molecule has 0 aliphatic carbocycles. The number of hydrogen-bond donors (Lipinski definition) is 4. The van der Waals surface area contributed by atoms with E-state index < -0.39 is 6.29 Å². The van der Waals surface area contributed by atoms with Crippen LogP contribution in [0.25, 0.3) is 0 Å². The molecule has 5 N–H and O–H groups in total. The van der Waals surface area contributed by atoms with Gasteiger partial charge in [-0.25, -0.2) is 0 Å². The number of aliphatic hydroxyl groups excluding tert-OH is 1. The minimum atomic E-state index is -0.559. The number of para-hydroxylation sites is 2. The first-order chi connectivity index (χ1) is 17.0. The van der Waals surface area contributed by atoms with Gasteiger partial charge in [0.1, 0.15) is 0 Å². The molecule has 8 nitrogen and oxygen atoms in total. The topological polar surface area (TPSA) is 123 Å². The average molecular weight is 502 g/mol. The fourth-order valence-corrected chi connectivity index (χ4v) is 4.84. The average Bonchev–Trinajstić information content (AvgIpc) is 3.39. The summed E-state index contributed by atoms with van der Waals surface area (Å²) in [5, 5.41) is 19.1. The van der Waals surface area contributed by atoms with Crippen LogP contribution in [0.15, 0.2) is 52.9 Å². The van der Waals surface area contributed by atoms with E-state index in [9.17, 15) is 14.7 Å². The van der Waals surface area contributed by atoms with Gasteiger partial charge in [-0.3, -0.25) is 9.59 Å². The zero-order valence-corrected chi connectivity index (χ0v) is 20.9. The Morgan fingerprint density at radius 1 is 1.20 bits per heavy atom. The number of ether oxygens (including phenoxy) is 2. The number of aliphatic hydroxyl groups is 1. The molecule has 0 saturated heterocycles. The highest BCUT2D eigenvalue weighted by Gasteiger charge is 2.37. The molecule has 1 aromatic carbocycles. The largest absolute Gasteiger partial charge is 0.459 e. The zero-order chi connectivity index (χ0) is 25.0. The molecule has 0 radical (unpaired) electrons. The van der Waals surface area contributed by atoms with Crippen molar-refractivity contribution in [2.45, 2.75) is 51.2 Å². The number of amides is 2. The first-order valence-corrected chi connectivity index (χ1v) is 13.0. The van der Waals surface area contributed by atoms with E-state index in [0.29, 0.717) is 50.2 Å². The molecule has 9 heteroatoms. The number of allylic oxidation sites excluding steroid dienone is 1. The quantitative estimate of drug-likeness (QED) is 0.243. The fourth-order valence-electron chi connectivity index (χ4n) is 4.13. The Morgan fingerprint density at radius 2 is 2.03 bits per heavy atom. The number of hydrogen-bond acceptors (Lipinski definition) is 7. The number of benzene rings is 1. The number of anilines is 2. The van der Waals surface area contributed by atoms with Crippen LogP contribution in [0.4, 0.5) is 11.4 Å². The van der Waals surface area contributed by atoms with Gasteiger partial charge in [-0.1, -0.05) is 12.1 Å². The van der Waals surface area contributed by atoms with Crippen molar-refractivity contribution in [1.82, 2.24) is 5.32 Å². The van der Waals surface area contributed by atoms with Crippen LogP contribution in [0.5, 0.6) is 0 Å². The van der Waals surface area contributed by atoms with Crippen LogP contribution in [0, 0.1) is 5.92 Å². The molecule has 0 saturated carbocycles. The Morgan fingerprint density at radius 3 is 2.74 bits per heavy atom. The molecule has 190 valence electrons. The lowest BCUT2D eigenvalue weighted by Crippen LogP contribution is -2.39. The van der Waals surface area contributed by atoms with Crippen LogP contribution in [0.3, 0.4) is 0 Å². The van der Waals surface area contributed by atoms with Crippen molar-refractivity contribution >= 4 is 34.5 Å². The van der Waals surface area contributed by atoms with Gasteiger partial charge in [0, 0.05) is 38.0 Å². The molecule has 2 aromatic rings. The standard InChI is InChI=1S/C26H35N3O5S/c1-2-33-26-19(8-7-14-30)20(18-12-15-35-17-18)16-23(34-26)25(32)28-13-6-5-11-24(31)29-22-10-4-3-9-21(22)27/h3-4,9-10,12,15-17,19-20,26,30H,2,5-8,11,13-14,27H2,1H3,(H,28,32)(H,29,31)/t19-,20-,26-/m1/s1. The molecule has 1 aromatic heterocycles. The third-order valence-electron chi connectivity index (χ3n) is 5.91. The lowest BCUT2D eigenvalue weighted by atomic mass is 9.81. The summed E-state index contributed by atoms with van der Waals surface area (Å²) in [5.41, 5.74) is 8.10. The SMILES string of the molecule is CCO[C@@H]1OC(C(=O)NCCCCC(=O)Nc2ccccc2N)=C[C@H](c2ccsc2)[C@H]1CCCO. The normalized spacial score (nSPS) is 19.5. The summed E-state index contributed by atoms with van der Waals surface area (Å²) in [7, 11) is 0. The first-order valence-electron chi connectivity index (χ1n) is 12.1. The van der Waals surface area contributed by atoms with Crippen molar-refractivity contribution in [3.05, 3.63) is 58.5 Å². The number of nitrogens with two attached hydrogens (primary N) is 1. The van der Waals surface area contributed by atoms with E-state index >= 15 is 0 Å². The third-order valence-corrected chi connectivity index (χ3v) is 6.62. The van der Waals surface area contributed by atoms with Crippen molar-refractivity contribution in [2.24, 2.45) is 5.92 Å². The Kier molecular flexibility index (Phi) is 10.6. The van der Waals surface area contributed by atoms with Crippen LogP contribution in [-0.2, 0) is 19.1 Å². The molecule has 0 bridgehead atoms. The summed E-state index contributed by atoms with van der Waals surface area (Å²) in [5.74, 6) is -0.188. The Labute approximate surface area is 210 Å². The van der Waals surface area contributed by atoms with Gasteiger partial charge < -0.3 is 30.9 Å². The van der Waals surface area contributed by atoms with Gasteiger partial charge in [0.15, 0.2) is 5.76 Å². The molecule has 2 heterocycles. The third kappa shape index (κ3) is 7.81. The Hall–Kier alpha value is -2.88. The van der Waals surface area contributed by atoms with Crippen molar-refractivity contribution in [2.75, 3.05) is 30.8 Å². The number of unbranched alkanes of at least 4 members (excludes halogenated alkanes) is 1. The van der Waals surface area contributed by atoms with Gasteiger partial charge >= 0.3 is 0 Å². The van der Waals surface area contributed by atoms with E-state index in [-0.39, 0.29) is 36.0 Å². The summed E-state index contributed by atoms with van der Waals surface area (Å²) >= 11 is 1.61. The van der Waals surface area contributed by atoms with Crippen molar-refractivity contribution in [1.29, 1.82) is 0 Å². The van der Waals surface area contributed by atoms with Crippen molar-refractivity contribution in [3.8, 4) is 0 Å². The van der Waals surface area contributed by atoms with Crippen LogP contribution in [0.1, 0.15) is 50.5 Å². The predicted octanol–water partition coefficient (Wildman–Crippen LogP) is 4.00. The molecule has 0 fully saturated rings. The summed E-state index contributed by atoms with van der Waals surface area (Å²) in [4.78, 5) is 25.0. The molecular weight excluding hydrogens is 466 g/mol. The van der Waals surface area contributed by atoms with Gasteiger partial charge in [-0.15, -0.1) is 0 Å². The summed E-state index contributed by atoms with van der Waals surface area (Å²) in [6, 6.07) is 9.18. The van der Waals surface area contributed by atoms with Crippen molar-refractivity contribution in [3.63, 3.8) is 0 Å². The highest BCUT2D eigenvalue weighted by molar-refractivity contribution is 7.08. The Bertz CT molecular complexity index is 979. The molecular formula is C26H35N3O5S. The lowest BCUT2D eigenvalue weighted by molar-refractivity contribution is -0.166. The Balaban J connectivity index is 1.52. The lowest BCUT2D eigenvalue weighted by Gasteiger charge is -2.36. The summed E-state index contributed by atoms with van der Waals surface area (Å²) in [6.45, 7) is 2.88. The number of thiophene rings is 1. The molecule has 0 unspecified atom stereocenters. The second-order valence-electron chi connectivity index (χ2n) is 8.43. The summed E-state index contributed by atoms with van der Waals surface area (Å²) in [6.07, 6.45) is 4.29. The van der Waals surface area contributed by atoms with Gasteiger partial charge in [-0.05, 0) is 73.2 Å². The smallest absolute Gasteiger partial charge is 0.286 e. The fraction of sp³-hybridized carbons (Fsp3) is 0.462. The van der Waals surface area contributed by atoms with Gasteiger partial charge in [0.2, 0.25) is 12.2 Å². The van der Waals surface area contributed by atoms with Crippen LogP contribution >= 0.6 is 11.3 Å². The van der Waals surface area contributed by atoms with Gasteiger partial charge in [-0.2, -0.15) is 11.3 Å². The molecule has 3 atom stereocenters. The van der Waals surface area contributed by atoms with E-state index in [2.05, 4.69) is 22.1 Å². The first kappa shape index (κ1) is 26.7. The van der Waals surface area contributed by atoms with Crippen molar-refractivity contribution < 1.29 is 24.2 Å². The molecule has 0 spiro atoms. The summed E-state index contributed by atoms with van der Waals surface area (Å²) < 4.78 is 11.8. The minimum Gasteiger partial charge on any atom is -0.459 e. The number of rotatable bonds is 13. The highest BCUT2D eigenvalue weighted by atomic mass is 32.1. The van der Waals surface area contributed by atoms with E-state index in [1.807, 2.05) is 30.5 Å². The van der Waals surface area contributed by atoms with E-state index in [0.717, 1.165) is 12.0 Å². The molecule has 1 aliphatic heterocycles. The zero-order valence-electron chi connectivity index (χ0n) is 20.1. The van der Waals surface area contributed by atoms with Crippen LogP contribution in [-0.4, -0.2) is 43.0 Å². The number of nitrogens with one attached hydrogen (secondary N) is 2. The monoisotopic (exact) mass is 501 g/mol. The predicted molar refractivity (Wildman–Crippen MR) is 138 cm³/mol. The van der Waals surface area contributed by atoms with Gasteiger partial charge in [0.05, 0.1) is 11.4 Å². The minimum absolute atomic E-state index is 0.00501. The number of carbonyl (C=O) groups is 2. The van der Waals surface area contributed by atoms with Gasteiger partial charge in [0.25, 0.3) is 5.91 Å². The molecule has 35 heavy (non-hydrogen) atoms. The number of nitrogen functional groups attached to an aromatic ring is 1. The maximum Gasteiger partial charge on any atom is 0.286 e. The second kappa shape index (κ2) is 13.9. The molecule has 2 amide bonds. The molecule has 1 aliphatic rings. The number of carbonyl (C=O) groups excluding carboxylic acids is 2. The maximum atomic E-state index is 12.9. The van der Waals surface area contributed by atoms with E-state index in [1.165, 1.54) is 0 Å². The van der Waals surface area contributed by atoms with E-state index in [1.54, 1.807) is 23.5 Å². The highest BCUT2D eigenvalue weighted by Crippen LogP contribution is 2.40. The van der Waals surface area contributed by atoms with Crippen LogP contribution < -0.4 is 16.4 Å². The van der Waals surface area contributed by atoms with Crippen LogP contribution in [0.2, 0.25) is 0 Å². The van der Waals surface area contributed by atoms with E-state index in [4.69, 9.17) is 15.2 Å².